The van der Waals surface area contributed by atoms with Gasteiger partial charge in [-0.15, -0.1) is 0 Å². The molecule has 0 aromatic carbocycles. The number of carbonyl (C=O) groups excluding carboxylic acids is 2. The standard InChI is InChI=1S/C16H15NO5/c18-12(19)7-10(11-2-1-5-22-11)17-15(20)13-8-3-4-9(6-8)14(13)16(17)21/h1-5,8-10,13-14H,6-7H2,(H,18,19)/t8-,9-,10+,13-,14-/m0/s1. The van der Waals surface area contributed by atoms with Crippen molar-refractivity contribution in [2.24, 2.45) is 23.7 Å². The number of amides is 2. The number of carboxylic acid groups (broad SMARTS) is 1. The van der Waals surface area contributed by atoms with E-state index < -0.39 is 12.0 Å². The highest BCUT2D eigenvalue weighted by atomic mass is 16.4. The highest BCUT2D eigenvalue weighted by molar-refractivity contribution is 6.07. The molecule has 2 bridgehead atoms. The first kappa shape index (κ1) is 13.3. The number of hydrogen-bond acceptors (Lipinski definition) is 4. The van der Waals surface area contributed by atoms with Gasteiger partial charge in [-0.2, -0.15) is 0 Å². The molecule has 1 aromatic heterocycles. The number of rotatable bonds is 4. The maximum Gasteiger partial charge on any atom is 0.305 e. The van der Waals surface area contributed by atoms with Crippen molar-refractivity contribution in [3.63, 3.8) is 0 Å². The third-order valence-corrected chi connectivity index (χ3v) is 5.06. The van der Waals surface area contributed by atoms with E-state index in [0.29, 0.717) is 5.76 Å². The molecule has 0 spiro atoms. The van der Waals surface area contributed by atoms with E-state index in [4.69, 9.17) is 9.52 Å². The molecule has 0 unspecified atom stereocenters. The van der Waals surface area contributed by atoms with Crippen LogP contribution in [0.3, 0.4) is 0 Å². The van der Waals surface area contributed by atoms with Crippen LogP contribution in [0.1, 0.15) is 24.6 Å². The quantitative estimate of drug-likeness (QED) is 0.674. The molecular weight excluding hydrogens is 286 g/mol. The first-order chi connectivity index (χ1) is 10.6. The van der Waals surface area contributed by atoms with Gasteiger partial charge in [0.15, 0.2) is 0 Å². The zero-order valence-corrected chi connectivity index (χ0v) is 11.7. The van der Waals surface area contributed by atoms with Crippen LogP contribution in [0.2, 0.25) is 0 Å². The molecule has 1 saturated carbocycles. The molecule has 3 aliphatic rings. The van der Waals surface area contributed by atoms with Gasteiger partial charge in [-0.1, -0.05) is 12.2 Å². The summed E-state index contributed by atoms with van der Waals surface area (Å²) < 4.78 is 5.27. The second-order valence-corrected chi connectivity index (χ2v) is 6.18. The van der Waals surface area contributed by atoms with E-state index in [1.165, 1.54) is 6.26 Å². The van der Waals surface area contributed by atoms with E-state index >= 15 is 0 Å². The van der Waals surface area contributed by atoms with Crippen molar-refractivity contribution in [2.45, 2.75) is 18.9 Å². The molecule has 1 aliphatic heterocycles. The molecule has 6 heteroatoms. The molecule has 0 radical (unpaired) electrons. The fourth-order valence-electron chi connectivity index (χ4n) is 4.20. The number of imide groups is 1. The molecule has 4 rings (SSSR count). The average Bonchev–Trinajstić information content (AvgIpc) is 3.22. The Morgan fingerprint density at radius 3 is 2.41 bits per heavy atom. The number of hydrogen-bond donors (Lipinski definition) is 1. The molecule has 2 heterocycles. The second kappa shape index (κ2) is 4.56. The van der Waals surface area contributed by atoms with Crippen molar-refractivity contribution in [1.82, 2.24) is 4.90 Å². The molecule has 2 fully saturated rings. The van der Waals surface area contributed by atoms with Crippen molar-refractivity contribution in [3.05, 3.63) is 36.3 Å². The first-order valence-corrected chi connectivity index (χ1v) is 7.38. The van der Waals surface area contributed by atoms with E-state index in [1.807, 2.05) is 12.2 Å². The number of nitrogens with zero attached hydrogens (tertiary/aromatic N) is 1. The number of fused-ring (bicyclic) bond motifs is 5. The van der Waals surface area contributed by atoms with Crippen LogP contribution in [0.4, 0.5) is 0 Å². The predicted molar refractivity (Wildman–Crippen MR) is 73.3 cm³/mol. The molecule has 5 atom stereocenters. The number of furan rings is 1. The normalized spacial score (nSPS) is 33.5. The summed E-state index contributed by atoms with van der Waals surface area (Å²) in [6.45, 7) is 0. The van der Waals surface area contributed by atoms with Gasteiger partial charge in [-0.05, 0) is 30.4 Å². The highest BCUT2D eigenvalue weighted by Crippen LogP contribution is 2.54. The molecule has 22 heavy (non-hydrogen) atoms. The predicted octanol–water partition coefficient (Wildman–Crippen LogP) is 1.60. The van der Waals surface area contributed by atoms with E-state index in [2.05, 4.69) is 0 Å². The zero-order chi connectivity index (χ0) is 15.4. The molecule has 6 nitrogen and oxygen atoms in total. The lowest BCUT2D eigenvalue weighted by Crippen LogP contribution is -2.37. The van der Waals surface area contributed by atoms with Crippen LogP contribution < -0.4 is 0 Å². The lowest BCUT2D eigenvalue weighted by molar-refractivity contribution is -0.147. The van der Waals surface area contributed by atoms with Gasteiger partial charge in [-0.25, -0.2) is 0 Å². The average molecular weight is 301 g/mol. The van der Waals surface area contributed by atoms with E-state index in [-0.39, 0.29) is 41.9 Å². The minimum atomic E-state index is -1.07. The molecule has 1 N–H and O–H groups in total. The van der Waals surface area contributed by atoms with Crippen LogP contribution in [0.25, 0.3) is 0 Å². The largest absolute Gasteiger partial charge is 0.481 e. The lowest BCUT2D eigenvalue weighted by atomic mass is 9.85. The molecule has 1 saturated heterocycles. The Bertz CT molecular complexity index is 647. The fraction of sp³-hybridized carbons (Fsp3) is 0.438. The Kier molecular flexibility index (Phi) is 2.76. The summed E-state index contributed by atoms with van der Waals surface area (Å²) in [5.74, 6) is -1.67. The van der Waals surface area contributed by atoms with E-state index in [0.717, 1.165) is 11.3 Å². The summed E-state index contributed by atoms with van der Waals surface area (Å²) in [4.78, 5) is 37.8. The third-order valence-electron chi connectivity index (χ3n) is 5.06. The summed E-state index contributed by atoms with van der Waals surface area (Å²) in [6.07, 6.45) is 5.96. The van der Waals surface area contributed by atoms with Crippen molar-refractivity contribution in [3.8, 4) is 0 Å². The summed E-state index contributed by atoms with van der Waals surface area (Å²) >= 11 is 0. The number of allylic oxidation sites excluding steroid dienone is 2. The maximum absolute atomic E-state index is 12.7. The number of aliphatic carboxylic acids is 1. The highest BCUT2D eigenvalue weighted by Gasteiger charge is 2.60. The van der Waals surface area contributed by atoms with Gasteiger partial charge in [-0.3, -0.25) is 19.3 Å². The number of carboxylic acids is 1. The summed E-state index contributed by atoms with van der Waals surface area (Å²) in [7, 11) is 0. The van der Waals surface area contributed by atoms with Gasteiger partial charge in [0.05, 0.1) is 24.5 Å². The Morgan fingerprint density at radius 2 is 1.91 bits per heavy atom. The van der Waals surface area contributed by atoms with Gasteiger partial charge in [0.1, 0.15) is 11.8 Å². The van der Waals surface area contributed by atoms with Gasteiger partial charge in [0.2, 0.25) is 11.8 Å². The van der Waals surface area contributed by atoms with Gasteiger partial charge < -0.3 is 9.52 Å². The van der Waals surface area contributed by atoms with Crippen LogP contribution in [-0.4, -0.2) is 27.8 Å². The van der Waals surface area contributed by atoms with Crippen molar-refractivity contribution >= 4 is 17.8 Å². The Labute approximate surface area is 126 Å². The Morgan fingerprint density at radius 1 is 1.27 bits per heavy atom. The first-order valence-electron chi connectivity index (χ1n) is 7.38. The fourth-order valence-corrected chi connectivity index (χ4v) is 4.20. The van der Waals surface area contributed by atoms with Gasteiger partial charge in [0, 0.05) is 0 Å². The van der Waals surface area contributed by atoms with E-state index in [9.17, 15) is 14.4 Å². The smallest absolute Gasteiger partial charge is 0.305 e. The SMILES string of the molecule is O=C(O)C[C@H](c1ccco1)N1C(=O)[C@@H]2[C@@H](C1=O)[C@H]1C=C[C@H]2C1. The van der Waals surface area contributed by atoms with Crippen molar-refractivity contribution < 1.29 is 23.9 Å². The van der Waals surface area contributed by atoms with Crippen LogP contribution in [0, 0.1) is 23.7 Å². The lowest BCUT2D eigenvalue weighted by Gasteiger charge is -2.25. The Balaban J connectivity index is 1.70. The minimum absolute atomic E-state index is 0.110. The van der Waals surface area contributed by atoms with Crippen LogP contribution in [0.15, 0.2) is 35.0 Å². The van der Waals surface area contributed by atoms with Crippen molar-refractivity contribution in [2.75, 3.05) is 0 Å². The topological polar surface area (TPSA) is 87.8 Å². The second-order valence-electron chi connectivity index (χ2n) is 6.18. The zero-order valence-electron chi connectivity index (χ0n) is 11.7. The van der Waals surface area contributed by atoms with Crippen LogP contribution in [0.5, 0.6) is 0 Å². The third kappa shape index (κ3) is 1.70. The molecule has 2 aliphatic carbocycles. The van der Waals surface area contributed by atoms with Crippen molar-refractivity contribution in [1.29, 1.82) is 0 Å². The molecule has 2 amide bonds. The number of likely N-dealkylation sites (tertiary alicyclic amines) is 1. The minimum Gasteiger partial charge on any atom is -0.481 e. The van der Waals surface area contributed by atoms with Crippen LogP contribution >= 0.6 is 0 Å². The Hall–Kier alpha value is -2.37. The number of carbonyl (C=O) groups is 3. The van der Waals surface area contributed by atoms with E-state index in [1.54, 1.807) is 12.1 Å². The molecular formula is C16H15NO5. The summed E-state index contributed by atoms with van der Waals surface area (Å²) in [5.41, 5.74) is 0. The van der Waals surface area contributed by atoms with Gasteiger partial charge in [0.25, 0.3) is 0 Å². The maximum atomic E-state index is 12.7. The van der Waals surface area contributed by atoms with Gasteiger partial charge >= 0.3 is 5.97 Å². The van der Waals surface area contributed by atoms with Crippen LogP contribution in [-0.2, 0) is 14.4 Å². The summed E-state index contributed by atoms with van der Waals surface area (Å²) in [6, 6.07) is 2.37. The monoisotopic (exact) mass is 301 g/mol. The molecule has 114 valence electrons. The molecule has 1 aromatic rings. The summed E-state index contributed by atoms with van der Waals surface area (Å²) in [5, 5.41) is 9.13.